The van der Waals surface area contributed by atoms with Crippen molar-refractivity contribution in [3.63, 3.8) is 0 Å². The van der Waals surface area contributed by atoms with Crippen LogP contribution in [0.3, 0.4) is 0 Å². The largest absolute Gasteiger partial charge is 0.462 e. The number of aromatic nitrogens is 2. The van der Waals surface area contributed by atoms with Gasteiger partial charge in [-0.2, -0.15) is 10.4 Å². The summed E-state index contributed by atoms with van der Waals surface area (Å²) < 4.78 is 20.2. The molecule has 0 spiro atoms. The highest BCUT2D eigenvalue weighted by atomic mass is 19.1. The first-order chi connectivity index (χ1) is 12.5. The number of nitrogens with zero attached hydrogens (tertiary/aromatic N) is 3. The molecule has 0 unspecified atom stereocenters. The Morgan fingerprint density at radius 2 is 1.96 bits per heavy atom. The van der Waals surface area contributed by atoms with E-state index < -0.39 is 5.97 Å². The van der Waals surface area contributed by atoms with Crippen molar-refractivity contribution in [1.29, 1.82) is 5.26 Å². The molecule has 0 bridgehead atoms. The predicted octanol–water partition coefficient (Wildman–Crippen LogP) is 4.31. The van der Waals surface area contributed by atoms with Gasteiger partial charge in [0.25, 0.3) is 0 Å². The van der Waals surface area contributed by atoms with E-state index >= 15 is 0 Å². The van der Waals surface area contributed by atoms with E-state index in [9.17, 15) is 14.4 Å². The molecule has 0 aliphatic rings. The van der Waals surface area contributed by atoms with Crippen LogP contribution in [0.25, 0.3) is 16.6 Å². The molecule has 132 valence electrons. The average Bonchev–Trinajstić information content (AvgIpc) is 3.03. The lowest BCUT2D eigenvalue weighted by atomic mass is 9.94. The molecule has 2 heterocycles. The first-order valence-corrected chi connectivity index (χ1v) is 8.36. The molecule has 0 aliphatic heterocycles. The Labute approximate surface area is 150 Å². The number of esters is 1. The Morgan fingerprint density at radius 3 is 2.54 bits per heavy atom. The molecule has 1 aromatic carbocycles. The number of carbonyl (C=O) groups is 1. The second-order valence-electron chi connectivity index (χ2n) is 6.14. The van der Waals surface area contributed by atoms with Crippen LogP contribution in [0.4, 0.5) is 4.39 Å². The number of carbonyl (C=O) groups excluding carboxylic acids is 1. The van der Waals surface area contributed by atoms with E-state index in [0.29, 0.717) is 33.6 Å². The van der Waals surface area contributed by atoms with Crippen LogP contribution in [0.2, 0.25) is 0 Å². The highest BCUT2D eigenvalue weighted by molar-refractivity contribution is 6.03. The van der Waals surface area contributed by atoms with Crippen molar-refractivity contribution in [2.24, 2.45) is 0 Å². The third kappa shape index (κ3) is 2.92. The molecule has 0 N–H and O–H groups in total. The molecule has 0 amide bonds. The maximum atomic E-state index is 13.4. The lowest BCUT2D eigenvalue weighted by molar-refractivity contribution is 0.0524. The highest BCUT2D eigenvalue weighted by Crippen LogP contribution is 2.34. The zero-order chi connectivity index (χ0) is 18.8. The summed E-state index contributed by atoms with van der Waals surface area (Å²) in [6.45, 7) is 5.80. The molecule has 0 atom stereocenters. The van der Waals surface area contributed by atoms with Gasteiger partial charge >= 0.3 is 5.97 Å². The van der Waals surface area contributed by atoms with Gasteiger partial charge in [-0.25, -0.2) is 13.7 Å². The van der Waals surface area contributed by atoms with Crippen molar-refractivity contribution < 1.29 is 13.9 Å². The third-order valence-corrected chi connectivity index (χ3v) is 4.10. The second kappa shape index (κ2) is 6.96. The van der Waals surface area contributed by atoms with Crippen LogP contribution >= 0.6 is 0 Å². The van der Waals surface area contributed by atoms with Gasteiger partial charge in [0.15, 0.2) is 0 Å². The van der Waals surface area contributed by atoms with Crippen LogP contribution < -0.4 is 0 Å². The van der Waals surface area contributed by atoms with Gasteiger partial charge in [-0.3, -0.25) is 0 Å². The molecule has 0 fully saturated rings. The molecule has 3 aromatic rings. The van der Waals surface area contributed by atoms with E-state index in [2.05, 4.69) is 11.2 Å². The Kier molecular flexibility index (Phi) is 4.72. The van der Waals surface area contributed by atoms with Gasteiger partial charge in [-0.05, 0) is 42.7 Å². The summed E-state index contributed by atoms with van der Waals surface area (Å²) in [7, 11) is 0. The minimum Gasteiger partial charge on any atom is -0.462 e. The molecule has 0 aliphatic carbocycles. The first kappa shape index (κ1) is 17.6. The molecule has 26 heavy (non-hydrogen) atoms. The van der Waals surface area contributed by atoms with Crippen molar-refractivity contribution in [1.82, 2.24) is 9.61 Å². The zero-order valence-corrected chi connectivity index (χ0v) is 14.8. The van der Waals surface area contributed by atoms with E-state index in [1.165, 1.54) is 16.6 Å². The Bertz CT molecular complexity index is 1010. The third-order valence-electron chi connectivity index (χ3n) is 4.10. The molecule has 0 saturated carbocycles. The van der Waals surface area contributed by atoms with E-state index in [0.717, 1.165) is 0 Å². The monoisotopic (exact) mass is 351 g/mol. The van der Waals surface area contributed by atoms with Crippen molar-refractivity contribution in [3.05, 3.63) is 59.2 Å². The quantitative estimate of drug-likeness (QED) is 0.657. The van der Waals surface area contributed by atoms with E-state index in [-0.39, 0.29) is 18.3 Å². The van der Waals surface area contributed by atoms with Gasteiger partial charge in [-0.15, -0.1) is 0 Å². The Balaban J connectivity index is 2.45. The minimum atomic E-state index is -0.481. The van der Waals surface area contributed by atoms with Gasteiger partial charge < -0.3 is 4.74 Å². The first-order valence-electron chi connectivity index (χ1n) is 8.36. The summed E-state index contributed by atoms with van der Waals surface area (Å²) in [5.41, 5.74) is 3.09. The van der Waals surface area contributed by atoms with Gasteiger partial charge in [0, 0.05) is 5.56 Å². The second-order valence-corrected chi connectivity index (χ2v) is 6.14. The number of nitriles is 1. The van der Waals surface area contributed by atoms with E-state index in [4.69, 9.17) is 4.74 Å². The fourth-order valence-electron chi connectivity index (χ4n) is 2.95. The minimum absolute atomic E-state index is 0.0769. The molecule has 6 heteroatoms. The molecular formula is C20H18FN3O2. The summed E-state index contributed by atoms with van der Waals surface area (Å²) in [5.74, 6) is -0.925. The average molecular weight is 351 g/mol. The van der Waals surface area contributed by atoms with Crippen molar-refractivity contribution in [2.75, 3.05) is 6.61 Å². The summed E-state index contributed by atoms with van der Waals surface area (Å²) in [4.78, 5) is 12.7. The number of benzene rings is 1. The van der Waals surface area contributed by atoms with Gasteiger partial charge in [0.1, 0.15) is 17.6 Å². The van der Waals surface area contributed by atoms with Gasteiger partial charge in [-0.1, -0.05) is 26.0 Å². The van der Waals surface area contributed by atoms with Crippen molar-refractivity contribution >= 4 is 11.5 Å². The van der Waals surface area contributed by atoms with Crippen LogP contribution in [0.1, 0.15) is 48.4 Å². The number of rotatable bonds is 4. The lowest BCUT2D eigenvalue weighted by Gasteiger charge is -2.17. The number of fused-ring (bicyclic) bond motifs is 1. The normalized spacial score (nSPS) is 10.9. The smallest absolute Gasteiger partial charge is 0.340 e. The zero-order valence-electron chi connectivity index (χ0n) is 14.8. The number of hydrogen-bond acceptors (Lipinski definition) is 4. The molecule has 5 nitrogen and oxygen atoms in total. The Hall–Kier alpha value is -3.20. The fraction of sp³-hybridized carbons (Fsp3) is 0.250. The van der Waals surface area contributed by atoms with Crippen LogP contribution in [-0.2, 0) is 4.74 Å². The topological polar surface area (TPSA) is 67.4 Å². The number of hydrogen-bond donors (Lipinski definition) is 0. The van der Waals surface area contributed by atoms with Gasteiger partial charge in [0.05, 0.1) is 23.4 Å². The molecule has 0 radical (unpaired) electrons. The van der Waals surface area contributed by atoms with E-state index in [1.54, 1.807) is 31.2 Å². The summed E-state index contributed by atoms with van der Waals surface area (Å²) in [6.07, 6.45) is 0. The van der Waals surface area contributed by atoms with Crippen molar-refractivity contribution in [3.8, 4) is 17.2 Å². The van der Waals surface area contributed by atoms with Crippen LogP contribution in [-0.4, -0.2) is 22.2 Å². The van der Waals surface area contributed by atoms with Crippen LogP contribution in [0.5, 0.6) is 0 Å². The van der Waals surface area contributed by atoms with Crippen molar-refractivity contribution in [2.45, 2.75) is 26.7 Å². The standard InChI is InChI=1S/C20H18FN3O2/c1-4-26-20(25)18-17(13-5-7-14(21)8-6-13)16-10-9-15(11-22)24(16)23-19(18)12(2)3/h5-10,12H,4H2,1-3H3. The SMILES string of the molecule is CCOC(=O)c1c(C(C)C)nn2c(C#N)ccc2c1-c1ccc(F)cc1. The number of ether oxygens (including phenoxy) is 1. The molecule has 3 rings (SSSR count). The summed E-state index contributed by atoms with van der Waals surface area (Å²) in [5, 5.41) is 13.9. The number of halogens is 1. The predicted molar refractivity (Wildman–Crippen MR) is 95.3 cm³/mol. The Morgan fingerprint density at radius 1 is 1.27 bits per heavy atom. The lowest BCUT2D eigenvalue weighted by Crippen LogP contribution is -2.16. The van der Waals surface area contributed by atoms with Crippen LogP contribution in [0.15, 0.2) is 36.4 Å². The van der Waals surface area contributed by atoms with Gasteiger partial charge in [0.2, 0.25) is 0 Å². The van der Waals surface area contributed by atoms with Crippen LogP contribution in [0, 0.1) is 17.1 Å². The maximum absolute atomic E-state index is 13.4. The van der Waals surface area contributed by atoms with E-state index in [1.807, 2.05) is 13.8 Å². The summed E-state index contributed by atoms with van der Waals surface area (Å²) >= 11 is 0. The molecule has 0 saturated heterocycles. The molecular weight excluding hydrogens is 333 g/mol. The highest BCUT2D eigenvalue weighted by Gasteiger charge is 2.26. The summed E-state index contributed by atoms with van der Waals surface area (Å²) in [6, 6.07) is 11.4. The molecule has 2 aromatic heterocycles. The maximum Gasteiger partial charge on any atom is 0.340 e. The fourth-order valence-corrected chi connectivity index (χ4v) is 2.95.